The molecule has 0 radical (unpaired) electrons. The number of amides is 1. The summed E-state index contributed by atoms with van der Waals surface area (Å²) in [4.78, 5) is 11.4. The van der Waals surface area contributed by atoms with Gasteiger partial charge in [-0.15, -0.1) is 0 Å². The molecule has 0 bridgehead atoms. The maximum Gasteiger partial charge on any atom is 0.407 e. The summed E-state index contributed by atoms with van der Waals surface area (Å²) in [6.07, 6.45) is 3.30. The lowest BCUT2D eigenvalue weighted by Gasteiger charge is -2.21. The topological polar surface area (TPSA) is 43.3 Å². The number of halogens is 1. The molecule has 0 aliphatic carbocycles. The molecule has 17 heavy (non-hydrogen) atoms. The van der Waals surface area contributed by atoms with Gasteiger partial charge in [0.25, 0.3) is 0 Å². The average Bonchev–Trinajstić information content (AvgIpc) is 2.58. The number of hydrogen-bond donors (Lipinski definition) is 1. The Labute approximate surface area is 107 Å². The highest BCUT2D eigenvalue weighted by atomic mass is 35.5. The van der Waals surface area contributed by atoms with E-state index in [0.717, 1.165) is 0 Å². The zero-order valence-electron chi connectivity index (χ0n) is 10.7. The molecule has 0 fully saturated rings. The molecule has 0 spiro atoms. The largest absolute Gasteiger partial charge is 0.444 e. The summed E-state index contributed by atoms with van der Waals surface area (Å²) in [6.45, 7) is 8.00. The lowest BCUT2D eigenvalue weighted by atomic mass is 10.2. The molecule has 0 saturated heterocycles. The summed E-state index contributed by atoms with van der Waals surface area (Å²) in [5, 5.41) is 3.41. The number of nitrogens with one attached hydrogen (secondary N) is 1. The number of aromatic nitrogens is 1. The molecule has 1 heterocycles. The first-order valence-electron chi connectivity index (χ1n) is 5.58. The van der Waals surface area contributed by atoms with E-state index in [1.807, 2.05) is 50.7 Å². The van der Waals surface area contributed by atoms with Crippen molar-refractivity contribution in [2.75, 3.05) is 6.54 Å². The Bertz CT molecular complexity index is 382. The highest BCUT2D eigenvalue weighted by Gasteiger charge is 2.16. The van der Waals surface area contributed by atoms with Crippen molar-refractivity contribution in [3.05, 3.63) is 23.5 Å². The van der Waals surface area contributed by atoms with Crippen molar-refractivity contribution < 1.29 is 9.53 Å². The van der Waals surface area contributed by atoms with E-state index >= 15 is 0 Å². The second-order valence-electron chi connectivity index (χ2n) is 5.01. The number of alkyl carbamates (subject to hydrolysis) is 1. The van der Waals surface area contributed by atoms with Crippen molar-refractivity contribution >= 4 is 17.7 Å². The molecule has 1 aromatic heterocycles. The summed E-state index contributed by atoms with van der Waals surface area (Å²) in [5.41, 5.74) is -0.468. The molecular formula is C12H19ClN2O2. The van der Waals surface area contributed by atoms with Gasteiger partial charge in [-0.2, -0.15) is 0 Å². The van der Waals surface area contributed by atoms with Crippen molar-refractivity contribution in [2.24, 2.45) is 0 Å². The second kappa shape index (κ2) is 5.45. The number of carbonyl (C=O) groups excluding carboxylic acids is 1. The van der Waals surface area contributed by atoms with E-state index < -0.39 is 11.7 Å². The fourth-order valence-corrected chi connectivity index (χ4v) is 1.48. The highest BCUT2D eigenvalue weighted by Crippen LogP contribution is 2.13. The number of carbonyl (C=O) groups is 1. The van der Waals surface area contributed by atoms with Gasteiger partial charge in [0.1, 0.15) is 5.60 Å². The zero-order chi connectivity index (χ0) is 13.1. The van der Waals surface area contributed by atoms with Gasteiger partial charge in [-0.3, -0.25) is 0 Å². The molecule has 1 aromatic rings. The van der Waals surface area contributed by atoms with E-state index in [-0.39, 0.29) is 6.04 Å². The third-order valence-electron chi connectivity index (χ3n) is 2.13. The molecule has 0 saturated carbocycles. The van der Waals surface area contributed by atoms with Crippen LogP contribution in [0.3, 0.4) is 0 Å². The SMILES string of the molecule is CC(CNC(=O)OC(C)(C)C)n1ccc(Cl)c1. The van der Waals surface area contributed by atoms with E-state index in [1.54, 1.807) is 0 Å². The first kappa shape index (κ1) is 13.9. The molecular weight excluding hydrogens is 240 g/mol. The average molecular weight is 259 g/mol. The molecule has 0 aliphatic rings. The number of nitrogens with zero attached hydrogens (tertiary/aromatic N) is 1. The first-order chi connectivity index (χ1) is 7.78. The lowest BCUT2D eigenvalue weighted by molar-refractivity contribution is 0.0521. The zero-order valence-corrected chi connectivity index (χ0v) is 11.4. The lowest BCUT2D eigenvalue weighted by Crippen LogP contribution is -2.35. The normalized spacial score (nSPS) is 13.2. The van der Waals surface area contributed by atoms with Gasteiger partial charge < -0.3 is 14.6 Å². The number of hydrogen-bond acceptors (Lipinski definition) is 2. The van der Waals surface area contributed by atoms with E-state index in [1.165, 1.54) is 0 Å². The maximum atomic E-state index is 11.4. The Balaban J connectivity index is 2.38. The van der Waals surface area contributed by atoms with Crippen molar-refractivity contribution in [1.82, 2.24) is 9.88 Å². The van der Waals surface area contributed by atoms with Crippen LogP contribution in [0.25, 0.3) is 0 Å². The van der Waals surface area contributed by atoms with Crippen molar-refractivity contribution in [3.8, 4) is 0 Å². The maximum absolute atomic E-state index is 11.4. The molecule has 1 rings (SSSR count). The Hall–Kier alpha value is -1.16. The molecule has 1 atom stereocenters. The Kier molecular flexibility index (Phi) is 4.46. The van der Waals surface area contributed by atoms with Crippen LogP contribution in [0, 0.1) is 0 Å². The minimum absolute atomic E-state index is 0.134. The summed E-state index contributed by atoms with van der Waals surface area (Å²) >= 11 is 5.82. The quantitative estimate of drug-likeness (QED) is 0.905. The van der Waals surface area contributed by atoms with Crippen molar-refractivity contribution in [3.63, 3.8) is 0 Å². The van der Waals surface area contributed by atoms with Crippen LogP contribution in [-0.2, 0) is 4.74 Å². The molecule has 0 aliphatic heterocycles. The van der Waals surface area contributed by atoms with Gasteiger partial charge in [-0.25, -0.2) is 4.79 Å². The summed E-state index contributed by atoms with van der Waals surface area (Å²) < 4.78 is 7.09. The summed E-state index contributed by atoms with van der Waals surface area (Å²) in [5.74, 6) is 0. The fraction of sp³-hybridized carbons (Fsp3) is 0.583. The molecule has 1 N–H and O–H groups in total. The van der Waals surface area contributed by atoms with Crippen LogP contribution in [0.4, 0.5) is 4.79 Å². The van der Waals surface area contributed by atoms with E-state index in [2.05, 4.69) is 5.32 Å². The third-order valence-corrected chi connectivity index (χ3v) is 2.35. The monoisotopic (exact) mass is 258 g/mol. The van der Waals surface area contributed by atoms with E-state index in [9.17, 15) is 4.79 Å². The van der Waals surface area contributed by atoms with Crippen LogP contribution in [0.5, 0.6) is 0 Å². The number of rotatable bonds is 3. The van der Waals surface area contributed by atoms with E-state index in [0.29, 0.717) is 11.6 Å². The Morgan fingerprint density at radius 2 is 2.24 bits per heavy atom. The molecule has 5 heteroatoms. The molecule has 0 aromatic carbocycles. The van der Waals surface area contributed by atoms with Crippen LogP contribution < -0.4 is 5.32 Å². The van der Waals surface area contributed by atoms with Crippen LogP contribution in [0.15, 0.2) is 18.5 Å². The van der Waals surface area contributed by atoms with Gasteiger partial charge in [-0.1, -0.05) is 11.6 Å². The van der Waals surface area contributed by atoms with Gasteiger partial charge in [0, 0.05) is 25.0 Å². The molecule has 96 valence electrons. The Morgan fingerprint density at radius 3 is 2.71 bits per heavy atom. The molecule has 1 unspecified atom stereocenters. The standard InChI is InChI=1S/C12H19ClN2O2/c1-9(15-6-5-10(13)8-15)7-14-11(16)17-12(2,3)4/h5-6,8-9H,7H2,1-4H3,(H,14,16). The highest BCUT2D eigenvalue weighted by molar-refractivity contribution is 6.30. The van der Waals surface area contributed by atoms with Crippen molar-refractivity contribution in [1.29, 1.82) is 0 Å². The van der Waals surface area contributed by atoms with Gasteiger partial charge >= 0.3 is 6.09 Å². The predicted molar refractivity (Wildman–Crippen MR) is 68.4 cm³/mol. The van der Waals surface area contributed by atoms with Gasteiger partial charge in [0.05, 0.1) is 5.02 Å². The Morgan fingerprint density at radius 1 is 1.59 bits per heavy atom. The third kappa shape index (κ3) is 5.13. The van der Waals surface area contributed by atoms with Gasteiger partial charge in [0.2, 0.25) is 0 Å². The predicted octanol–water partition coefficient (Wildman–Crippen LogP) is 3.23. The first-order valence-corrected chi connectivity index (χ1v) is 5.95. The summed E-state index contributed by atoms with van der Waals surface area (Å²) in [6, 6.07) is 1.95. The van der Waals surface area contributed by atoms with Crippen LogP contribution in [0.1, 0.15) is 33.7 Å². The minimum atomic E-state index is -0.468. The van der Waals surface area contributed by atoms with Crippen LogP contribution in [-0.4, -0.2) is 22.8 Å². The molecule has 4 nitrogen and oxygen atoms in total. The van der Waals surface area contributed by atoms with Gasteiger partial charge in [-0.05, 0) is 33.8 Å². The number of ether oxygens (including phenoxy) is 1. The summed E-state index contributed by atoms with van der Waals surface area (Å²) in [7, 11) is 0. The van der Waals surface area contributed by atoms with Crippen LogP contribution >= 0.6 is 11.6 Å². The van der Waals surface area contributed by atoms with Gasteiger partial charge in [0.15, 0.2) is 0 Å². The molecule has 1 amide bonds. The fourth-order valence-electron chi connectivity index (χ4n) is 1.31. The minimum Gasteiger partial charge on any atom is -0.444 e. The van der Waals surface area contributed by atoms with E-state index in [4.69, 9.17) is 16.3 Å². The smallest absolute Gasteiger partial charge is 0.407 e. The van der Waals surface area contributed by atoms with Crippen LogP contribution in [0.2, 0.25) is 5.02 Å². The van der Waals surface area contributed by atoms with Crippen molar-refractivity contribution in [2.45, 2.75) is 39.3 Å². The second-order valence-corrected chi connectivity index (χ2v) is 5.45.